The normalized spacial score (nSPS) is 10.3. The molecule has 1 aromatic heterocycles. The minimum absolute atomic E-state index is 0.0771. The molecule has 0 fully saturated rings. The van der Waals surface area contributed by atoms with E-state index >= 15 is 0 Å². The summed E-state index contributed by atoms with van der Waals surface area (Å²) in [6.45, 7) is 2.01. The molecule has 25 heavy (non-hydrogen) atoms. The number of hydrogen-bond acceptors (Lipinski definition) is 3. The second-order valence-corrected chi connectivity index (χ2v) is 6.69. The number of aromatic nitrogens is 1. The third-order valence-electron chi connectivity index (χ3n) is 3.61. The summed E-state index contributed by atoms with van der Waals surface area (Å²) in [4.78, 5) is 16.4. The lowest BCUT2D eigenvalue weighted by molar-refractivity contribution is -0.115. The molecule has 0 aliphatic heterocycles. The van der Waals surface area contributed by atoms with Crippen molar-refractivity contribution in [2.24, 2.45) is 0 Å². The van der Waals surface area contributed by atoms with Crippen LogP contribution in [0.15, 0.2) is 71.3 Å². The van der Waals surface area contributed by atoms with E-state index in [0.29, 0.717) is 12.2 Å². The van der Waals surface area contributed by atoms with Crippen molar-refractivity contribution < 1.29 is 4.79 Å². The first kappa shape index (κ1) is 17.2. The van der Waals surface area contributed by atoms with Crippen LogP contribution in [0.1, 0.15) is 11.1 Å². The van der Waals surface area contributed by atoms with Crippen LogP contribution in [0, 0.1) is 6.92 Å². The molecule has 5 heteroatoms. The lowest BCUT2D eigenvalue weighted by atomic mass is 10.1. The van der Waals surface area contributed by atoms with Crippen LogP contribution in [-0.2, 0) is 11.2 Å². The Morgan fingerprint density at radius 3 is 2.48 bits per heavy atom. The predicted molar refractivity (Wildman–Crippen MR) is 105 cm³/mol. The first-order chi connectivity index (χ1) is 12.1. The molecular weight excluding hydrogens is 378 g/mol. The van der Waals surface area contributed by atoms with E-state index in [-0.39, 0.29) is 5.91 Å². The van der Waals surface area contributed by atoms with Gasteiger partial charge >= 0.3 is 0 Å². The number of carbonyl (C=O) groups excluding carboxylic acids is 1. The Hall–Kier alpha value is -2.66. The molecule has 0 spiro atoms. The van der Waals surface area contributed by atoms with Gasteiger partial charge in [-0.1, -0.05) is 45.8 Å². The lowest BCUT2D eigenvalue weighted by Crippen LogP contribution is -2.15. The van der Waals surface area contributed by atoms with Gasteiger partial charge in [0, 0.05) is 10.2 Å². The summed E-state index contributed by atoms with van der Waals surface area (Å²) in [7, 11) is 0. The number of halogens is 1. The number of nitrogens with one attached hydrogen (secondary N) is 2. The predicted octanol–water partition coefficient (Wildman–Crippen LogP) is 5.08. The largest absolute Gasteiger partial charge is 0.354 e. The Bertz CT molecular complexity index is 861. The Morgan fingerprint density at radius 1 is 1.04 bits per heavy atom. The standard InChI is InChI=1S/C20H18BrN3O/c1-14-3-2-4-15(11-14)12-20(25)24-19-10-9-18(13-22-19)23-17-7-5-16(21)6-8-17/h2-11,13,23H,12H2,1H3,(H,22,24,25). The first-order valence-corrected chi connectivity index (χ1v) is 8.72. The van der Waals surface area contributed by atoms with E-state index in [9.17, 15) is 4.79 Å². The van der Waals surface area contributed by atoms with Gasteiger partial charge in [-0.3, -0.25) is 4.79 Å². The summed E-state index contributed by atoms with van der Waals surface area (Å²) in [6.07, 6.45) is 2.03. The van der Waals surface area contributed by atoms with E-state index in [2.05, 4.69) is 31.5 Å². The van der Waals surface area contributed by atoms with Gasteiger partial charge in [-0.2, -0.15) is 0 Å². The highest BCUT2D eigenvalue weighted by atomic mass is 79.9. The topological polar surface area (TPSA) is 54.0 Å². The number of nitrogens with zero attached hydrogens (tertiary/aromatic N) is 1. The highest BCUT2D eigenvalue weighted by Crippen LogP contribution is 2.19. The zero-order chi connectivity index (χ0) is 17.6. The maximum absolute atomic E-state index is 12.1. The van der Waals surface area contributed by atoms with Gasteiger partial charge in [0.15, 0.2) is 0 Å². The van der Waals surface area contributed by atoms with Crippen LogP contribution >= 0.6 is 15.9 Å². The monoisotopic (exact) mass is 395 g/mol. The van der Waals surface area contributed by atoms with Crippen LogP contribution < -0.4 is 10.6 Å². The Morgan fingerprint density at radius 2 is 1.80 bits per heavy atom. The van der Waals surface area contributed by atoms with Crippen molar-refractivity contribution in [2.75, 3.05) is 10.6 Å². The molecule has 0 saturated heterocycles. The van der Waals surface area contributed by atoms with Crippen molar-refractivity contribution in [1.29, 1.82) is 0 Å². The zero-order valence-electron chi connectivity index (χ0n) is 13.8. The molecule has 0 atom stereocenters. The summed E-state index contributed by atoms with van der Waals surface area (Å²) < 4.78 is 1.03. The second-order valence-electron chi connectivity index (χ2n) is 5.78. The first-order valence-electron chi connectivity index (χ1n) is 7.92. The van der Waals surface area contributed by atoms with Crippen LogP contribution in [-0.4, -0.2) is 10.9 Å². The van der Waals surface area contributed by atoms with Crippen LogP contribution in [0.25, 0.3) is 0 Å². The molecule has 4 nitrogen and oxygen atoms in total. The van der Waals surface area contributed by atoms with E-state index in [0.717, 1.165) is 27.0 Å². The van der Waals surface area contributed by atoms with E-state index in [1.54, 1.807) is 12.3 Å². The third kappa shape index (κ3) is 5.16. The van der Waals surface area contributed by atoms with Crippen molar-refractivity contribution in [3.63, 3.8) is 0 Å². The highest BCUT2D eigenvalue weighted by Gasteiger charge is 2.05. The molecule has 1 amide bonds. The van der Waals surface area contributed by atoms with Gasteiger partial charge in [-0.25, -0.2) is 4.98 Å². The van der Waals surface area contributed by atoms with Gasteiger partial charge in [-0.15, -0.1) is 0 Å². The summed E-state index contributed by atoms with van der Waals surface area (Å²) >= 11 is 3.41. The SMILES string of the molecule is Cc1cccc(CC(=O)Nc2ccc(Nc3ccc(Br)cc3)cn2)c1. The van der Waals surface area contributed by atoms with Gasteiger partial charge in [0.05, 0.1) is 18.3 Å². The van der Waals surface area contributed by atoms with E-state index < -0.39 is 0 Å². The summed E-state index contributed by atoms with van der Waals surface area (Å²) in [5.74, 6) is 0.464. The maximum atomic E-state index is 12.1. The molecule has 0 saturated carbocycles. The van der Waals surface area contributed by atoms with Gasteiger partial charge in [0.2, 0.25) is 5.91 Å². The molecule has 2 aromatic carbocycles. The second kappa shape index (κ2) is 7.94. The minimum Gasteiger partial charge on any atom is -0.354 e. The Kier molecular flexibility index (Phi) is 5.46. The number of rotatable bonds is 5. The van der Waals surface area contributed by atoms with Crippen molar-refractivity contribution in [3.8, 4) is 0 Å². The zero-order valence-corrected chi connectivity index (χ0v) is 15.4. The van der Waals surface area contributed by atoms with Crippen molar-refractivity contribution in [1.82, 2.24) is 4.98 Å². The van der Waals surface area contributed by atoms with Crippen LogP contribution in [0.5, 0.6) is 0 Å². The number of amides is 1. The summed E-state index contributed by atoms with van der Waals surface area (Å²) in [6, 6.07) is 19.5. The van der Waals surface area contributed by atoms with Crippen molar-refractivity contribution in [2.45, 2.75) is 13.3 Å². The highest BCUT2D eigenvalue weighted by molar-refractivity contribution is 9.10. The average Bonchev–Trinajstić information content (AvgIpc) is 2.59. The van der Waals surface area contributed by atoms with E-state index in [4.69, 9.17) is 0 Å². The Balaban J connectivity index is 1.58. The fourth-order valence-corrected chi connectivity index (χ4v) is 2.70. The third-order valence-corrected chi connectivity index (χ3v) is 4.14. The molecule has 1 heterocycles. The van der Waals surface area contributed by atoms with Gasteiger partial charge < -0.3 is 10.6 Å². The maximum Gasteiger partial charge on any atom is 0.229 e. The van der Waals surface area contributed by atoms with Crippen LogP contribution in [0.4, 0.5) is 17.2 Å². The van der Waals surface area contributed by atoms with Gasteiger partial charge in [-0.05, 0) is 48.9 Å². The smallest absolute Gasteiger partial charge is 0.229 e. The lowest BCUT2D eigenvalue weighted by Gasteiger charge is -2.08. The van der Waals surface area contributed by atoms with E-state index in [1.165, 1.54) is 0 Å². The molecule has 126 valence electrons. The average molecular weight is 396 g/mol. The molecule has 0 aliphatic carbocycles. The Labute approximate surface area is 155 Å². The minimum atomic E-state index is -0.0771. The molecule has 3 rings (SSSR count). The van der Waals surface area contributed by atoms with Gasteiger partial charge in [0.1, 0.15) is 5.82 Å². The van der Waals surface area contributed by atoms with E-state index in [1.807, 2.05) is 61.5 Å². The van der Waals surface area contributed by atoms with Crippen LogP contribution in [0.3, 0.4) is 0 Å². The number of benzene rings is 2. The number of hydrogen-bond donors (Lipinski definition) is 2. The number of pyridine rings is 1. The fourth-order valence-electron chi connectivity index (χ4n) is 2.44. The molecule has 0 unspecified atom stereocenters. The van der Waals surface area contributed by atoms with Crippen molar-refractivity contribution >= 4 is 39.0 Å². The molecule has 3 aromatic rings. The summed E-state index contributed by atoms with van der Waals surface area (Å²) in [5, 5.41) is 6.09. The van der Waals surface area contributed by atoms with Crippen LogP contribution in [0.2, 0.25) is 0 Å². The molecule has 2 N–H and O–H groups in total. The molecule has 0 radical (unpaired) electrons. The molecular formula is C20H18BrN3O. The quantitative estimate of drug-likeness (QED) is 0.633. The fraction of sp³-hybridized carbons (Fsp3) is 0.100. The number of anilines is 3. The molecule has 0 bridgehead atoms. The van der Waals surface area contributed by atoms with Gasteiger partial charge in [0.25, 0.3) is 0 Å². The van der Waals surface area contributed by atoms with Crippen molar-refractivity contribution in [3.05, 3.63) is 82.5 Å². The molecule has 0 aliphatic rings. The number of carbonyl (C=O) groups is 1. The number of aryl methyl sites for hydroxylation is 1. The summed E-state index contributed by atoms with van der Waals surface area (Å²) in [5.41, 5.74) is 3.97.